The van der Waals surface area contributed by atoms with Gasteiger partial charge in [-0.2, -0.15) is 5.10 Å². The van der Waals surface area contributed by atoms with Crippen LogP contribution in [0.25, 0.3) is 0 Å². The highest BCUT2D eigenvalue weighted by molar-refractivity contribution is 5.90. The minimum absolute atomic E-state index is 0.264. The molecular formula is C13H24N4O2. The van der Waals surface area contributed by atoms with Crippen LogP contribution in [-0.4, -0.2) is 33.6 Å². The molecule has 0 bridgehead atoms. The molecule has 108 valence electrons. The summed E-state index contributed by atoms with van der Waals surface area (Å²) in [5.41, 5.74) is 2.47. The number of urea groups is 1. The summed E-state index contributed by atoms with van der Waals surface area (Å²) in [6.45, 7) is 8.82. The average Bonchev–Trinajstić information content (AvgIpc) is 2.64. The lowest BCUT2D eigenvalue weighted by Crippen LogP contribution is -2.35. The van der Waals surface area contributed by atoms with Gasteiger partial charge in [-0.3, -0.25) is 4.68 Å². The Balaban J connectivity index is 2.55. The third-order valence-electron chi connectivity index (χ3n) is 3.04. The van der Waals surface area contributed by atoms with Gasteiger partial charge in [0.2, 0.25) is 0 Å². The molecule has 1 aromatic rings. The van der Waals surface area contributed by atoms with Gasteiger partial charge in [0.15, 0.2) is 0 Å². The zero-order chi connectivity index (χ0) is 14.4. The number of aromatic nitrogens is 2. The van der Waals surface area contributed by atoms with Gasteiger partial charge in [-0.15, -0.1) is 0 Å². The number of nitrogens with zero attached hydrogens (tertiary/aromatic N) is 2. The molecule has 6 heteroatoms. The smallest absolute Gasteiger partial charge is 0.319 e. The van der Waals surface area contributed by atoms with Gasteiger partial charge in [0.05, 0.1) is 23.2 Å². The van der Waals surface area contributed by atoms with E-state index >= 15 is 0 Å². The van der Waals surface area contributed by atoms with Crippen molar-refractivity contribution < 1.29 is 9.90 Å². The van der Waals surface area contributed by atoms with Crippen molar-refractivity contribution in [1.82, 2.24) is 15.1 Å². The summed E-state index contributed by atoms with van der Waals surface area (Å²) in [5, 5.41) is 19.3. The van der Waals surface area contributed by atoms with Crippen molar-refractivity contribution in [3.63, 3.8) is 0 Å². The Morgan fingerprint density at radius 2 is 2.11 bits per heavy atom. The van der Waals surface area contributed by atoms with E-state index in [4.69, 9.17) is 0 Å². The molecule has 1 atom stereocenters. The Morgan fingerprint density at radius 1 is 1.42 bits per heavy atom. The van der Waals surface area contributed by atoms with Crippen molar-refractivity contribution in [3.05, 3.63) is 11.4 Å². The molecule has 0 aliphatic carbocycles. The number of carbonyl (C=O) groups excluding carboxylic acids is 1. The maximum atomic E-state index is 11.8. The maximum absolute atomic E-state index is 11.8. The van der Waals surface area contributed by atoms with Crippen LogP contribution < -0.4 is 10.6 Å². The van der Waals surface area contributed by atoms with Crippen molar-refractivity contribution >= 4 is 11.7 Å². The van der Waals surface area contributed by atoms with Gasteiger partial charge in [-0.25, -0.2) is 4.79 Å². The number of carbonyl (C=O) groups is 1. The van der Waals surface area contributed by atoms with Gasteiger partial charge < -0.3 is 15.7 Å². The Morgan fingerprint density at radius 3 is 2.63 bits per heavy atom. The molecule has 0 fully saturated rings. The summed E-state index contributed by atoms with van der Waals surface area (Å²) in [5.74, 6) is 0. The van der Waals surface area contributed by atoms with Gasteiger partial charge in [0, 0.05) is 13.1 Å². The molecule has 1 rings (SSSR count). The van der Waals surface area contributed by atoms with Crippen LogP contribution in [0.5, 0.6) is 0 Å². The van der Waals surface area contributed by atoms with E-state index in [0.29, 0.717) is 6.42 Å². The fourth-order valence-corrected chi connectivity index (χ4v) is 1.99. The number of amides is 2. The summed E-state index contributed by atoms with van der Waals surface area (Å²) in [7, 11) is 0. The molecule has 0 aliphatic heterocycles. The van der Waals surface area contributed by atoms with Crippen molar-refractivity contribution in [2.75, 3.05) is 11.9 Å². The standard InChI is InChI=1S/C13H24N4O2/c1-5-7-11(18)8-14-13(19)15-12-9(3)16-17(6-2)10(12)4/h11,18H,5-8H2,1-4H3,(H2,14,15,19). The highest BCUT2D eigenvalue weighted by Gasteiger charge is 2.13. The van der Waals surface area contributed by atoms with Gasteiger partial charge >= 0.3 is 6.03 Å². The second-order valence-electron chi connectivity index (χ2n) is 4.64. The van der Waals surface area contributed by atoms with E-state index in [1.165, 1.54) is 0 Å². The van der Waals surface area contributed by atoms with Crippen LogP contribution in [0.3, 0.4) is 0 Å². The topological polar surface area (TPSA) is 79.2 Å². The Bertz CT molecular complexity index is 429. The van der Waals surface area contributed by atoms with Crippen LogP contribution in [0.1, 0.15) is 38.1 Å². The highest BCUT2D eigenvalue weighted by atomic mass is 16.3. The van der Waals surface area contributed by atoms with Crippen molar-refractivity contribution in [1.29, 1.82) is 0 Å². The van der Waals surface area contributed by atoms with E-state index < -0.39 is 6.10 Å². The number of hydrogen-bond donors (Lipinski definition) is 3. The normalized spacial score (nSPS) is 12.3. The van der Waals surface area contributed by atoms with Crippen molar-refractivity contribution in [2.45, 2.75) is 53.2 Å². The van der Waals surface area contributed by atoms with E-state index in [9.17, 15) is 9.90 Å². The first-order valence-electron chi connectivity index (χ1n) is 6.76. The molecule has 1 heterocycles. The lowest BCUT2D eigenvalue weighted by molar-refractivity contribution is 0.162. The first-order valence-corrected chi connectivity index (χ1v) is 6.76. The molecule has 1 aromatic heterocycles. The summed E-state index contributed by atoms with van der Waals surface area (Å²) in [4.78, 5) is 11.8. The largest absolute Gasteiger partial charge is 0.391 e. The molecular weight excluding hydrogens is 244 g/mol. The lowest BCUT2D eigenvalue weighted by Gasteiger charge is -2.12. The second-order valence-corrected chi connectivity index (χ2v) is 4.64. The number of rotatable bonds is 6. The van der Waals surface area contributed by atoms with Crippen LogP contribution in [0.2, 0.25) is 0 Å². The maximum Gasteiger partial charge on any atom is 0.319 e. The minimum atomic E-state index is -0.490. The van der Waals surface area contributed by atoms with E-state index in [-0.39, 0.29) is 12.6 Å². The lowest BCUT2D eigenvalue weighted by atomic mass is 10.2. The van der Waals surface area contributed by atoms with Crippen LogP contribution in [0.15, 0.2) is 0 Å². The fraction of sp³-hybridized carbons (Fsp3) is 0.692. The third kappa shape index (κ3) is 4.24. The average molecular weight is 268 g/mol. The minimum Gasteiger partial charge on any atom is -0.391 e. The molecule has 0 aromatic carbocycles. The summed E-state index contributed by atoms with van der Waals surface area (Å²) >= 11 is 0. The Labute approximate surface area is 114 Å². The first-order chi connectivity index (χ1) is 8.99. The molecule has 0 saturated heterocycles. The number of aryl methyl sites for hydroxylation is 2. The number of aliphatic hydroxyl groups is 1. The number of anilines is 1. The molecule has 0 saturated carbocycles. The zero-order valence-corrected chi connectivity index (χ0v) is 12.2. The summed E-state index contributed by atoms with van der Waals surface area (Å²) in [6, 6.07) is -0.308. The first kappa shape index (κ1) is 15.5. The SMILES string of the molecule is CCCC(O)CNC(=O)Nc1c(C)nn(CC)c1C. The summed E-state index contributed by atoms with van der Waals surface area (Å²) < 4.78 is 1.84. The van der Waals surface area contributed by atoms with Gasteiger partial charge in [0.1, 0.15) is 0 Å². The molecule has 3 N–H and O–H groups in total. The van der Waals surface area contributed by atoms with Gasteiger partial charge in [-0.05, 0) is 27.2 Å². The molecule has 19 heavy (non-hydrogen) atoms. The predicted molar refractivity (Wildman–Crippen MR) is 75.3 cm³/mol. The van der Waals surface area contributed by atoms with Crippen molar-refractivity contribution in [2.24, 2.45) is 0 Å². The van der Waals surface area contributed by atoms with Crippen LogP contribution in [-0.2, 0) is 6.54 Å². The second kappa shape index (κ2) is 7.13. The zero-order valence-electron chi connectivity index (χ0n) is 12.2. The van der Waals surface area contributed by atoms with E-state index in [1.54, 1.807) is 0 Å². The number of aliphatic hydroxyl groups excluding tert-OH is 1. The van der Waals surface area contributed by atoms with Crippen LogP contribution in [0, 0.1) is 13.8 Å². The Kier molecular flexibility index (Phi) is 5.82. The number of hydrogen-bond acceptors (Lipinski definition) is 3. The molecule has 1 unspecified atom stereocenters. The van der Waals surface area contributed by atoms with Crippen molar-refractivity contribution in [3.8, 4) is 0 Å². The molecule has 6 nitrogen and oxygen atoms in total. The fourth-order valence-electron chi connectivity index (χ4n) is 1.99. The van der Waals surface area contributed by atoms with Crippen LogP contribution >= 0.6 is 0 Å². The van der Waals surface area contributed by atoms with E-state index in [1.807, 2.05) is 32.4 Å². The van der Waals surface area contributed by atoms with Crippen LogP contribution in [0.4, 0.5) is 10.5 Å². The predicted octanol–water partition coefficient (Wildman–Crippen LogP) is 1.80. The third-order valence-corrected chi connectivity index (χ3v) is 3.04. The molecule has 0 radical (unpaired) electrons. The Hall–Kier alpha value is -1.56. The molecule has 0 spiro atoms. The summed E-state index contributed by atoms with van der Waals surface area (Å²) in [6.07, 6.45) is 1.09. The van der Waals surface area contributed by atoms with Gasteiger partial charge in [0.25, 0.3) is 0 Å². The monoisotopic (exact) mass is 268 g/mol. The van der Waals surface area contributed by atoms with Gasteiger partial charge in [-0.1, -0.05) is 13.3 Å². The highest BCUT2D eigenvalue weighted by Crippen LogP contribution is 2.18. The van der Waals surface area contributed by atoms with E-state index in [2.05, 4.69) is 15.7 Å². The molecule has 2 amide bonds. The quantitative estimate of drug-likeness (QED) is 0.736. The van der Waals surface area contributed by atoms with E-state index in [0.717, 1.165) is 30.0 Å². The number of nitrogens with one attached hydrogen (secondary N) is 2. The molecule has 0 aliphatic rings.